The quantitative estimate of drug-likeness (QED) is 0.793. The van der Waals surface area contributed by atoms with Crippen LogP contribution < -0.4 is 0 Å². The molecule has 5 aliphatic rings. The Morgan fingerprint density at radius 2 is 1.88 bits per heavy atom. The molecule has 2 heterocycles. The van der Waals surface area contributed by atoms with Crippen LogP contribution in [-0.4, -0.2) is 43.3 Å². The summed E-state index contributed by atoms with van der Waals surface area (Å²) in [7, 11) is -2.98. The highest BCUT2D eigenvalue weighted by atomic mass is 35.5. The monoisotopic (exact) mass is 379 g/mol. The van der Waals surface area contributed by atoms with Crippen LogP contribution in [0.1, 0.15) is 31.2 Å². The standard InChI is InChI=1S/C19H22ClNO3S/c20-15-3-1-14(2-4-15)19-7-5-12(9-19)17(19)18(22)21-8-6-13-10-25(23,24)11-16(13)21/h1-4,12-13,16-17H,5-11H2/t12-,13+,16-,17+,19+/m0/s1. The second kappa shape index (κ2) is 5.23. The topological polar surface area (TPSA) is 54.5 Å². The van der Waals surface area contributed by atoms with E-state index in [0.717, 1.165) is 37.3 Å². The molecule has 3 aliphatic carbocycles. The predicted molar refractivity (Wildman–Crippen MR) is 96.2 cm³/mol. The van der Waals surface area contributed by atoms with Gasteiger partial charge in [-0.2, -0.15) is 0 Å². The van der Waals surface area contributed by atoms with E-state index in [9.17, 15) is 13.2 Å². The van der Waals surface area contributed by atoms with Crippen molar-refractivity contribution in [3.63, 3.8) is 0 Å². The first-order valence-electron chi connectivity index (χ1n) is 9.17. The highest BCUT2D eigenvalue weighted by Crippen LogP contribution is 2.64. The molecule has 5 fully saturated rings. The molecule has 0 radical (unpaired) electrons. The number of rotatable bonds is 2. The third-order valence-corrected chi connectivity index (χ3v) is 9.24. The number of hydrogen-bond acceptors (Lipinski definition) is 3. The summed E-state index contributed by atoms with van der Waals surface area (Å²) in [6.07, 6.45) is 4.06. The van der Waals surface area contributed by atoms with Gasteiger partial charge in [0.15, 0.2) is 9.84 Å². The highest BCUT2D eigenvalue weighted by Gasteiger charge is 2.64. The van der Waals surface area contributed by atoms with Crippen LogP contribution in [0.4, 0.5) is 0 Å². The summed E-state index contributed by atoms with van der Waals surface area (Å²) in [5.41, 5.74) is 1.17. The van der Waals surface area contributed by atoms with Crippen molar-refractivity contribution in [1.82, 2.24) is 4.90 Å². The Kier molecular flexibility index (Phi) is 3.37. The van der Waals surface area contributed by atoms with E-state index in [0.29, 0.717) is 5.92 Å². The van der Waals surface area contributed by atoms with Gasteiger partial charge in [0.1, 0.15) is 0 Å². The van der Waals surface area contributed by atoms with Gasteiger partial charge in [0, 0.05) is 23.0 Å². The van der Waals surface area contributed by atoms with Gasteiger partial charge in [0.2, 0.25) is 5.91 Å². The van der Waals surface area contributed by atoms with Crippen molar-refractivity contribution in [3.8, 4) is 0 Å². The Labute approximate surface area is 153 Å². The van der Waals surface area contributed by atoms with E-state index in [-0.39, 0.29) is 40.7 Å². The molecule has 25 heavy (non-hydrogen) atoms. The summed E-state index contributed by atoms with van der Waals surface area (Å²) < 4.78 is 23.9. The van der Waals surface area contributed by atoms with Crippen LogP contribution in [0, 0.1) is 17.8 Å². The molecule has 5 atom stereocenters. The molecule has 2 saturated heterocycles. The number of benzene rings is 1. The van der Waals surface area contributed by atoms with Gasteiger partial charge in [0.25, 0.3) is 0 Å². The molecule has 0 spiro atoms. The van der Waals surface area contributed by atoms with E-state index >= 15 is 0 Å². The molecule has 6 rings (SSSR count). The number of hydrogen-bond donors (Lipinski definition) is 0. The van der Waals surface area contributed by atoms with Crippen LogP contribution in [-0.2, 0) is 20.0 Å². The maximum absolute atomic E-state index is 13.4. The molecule has 134 valence electrons. The summed E-state index contributed by atoms with van der Waals surface area (Å²) in [5.74, 6) is 1.26. The molecule has 2 bridgehead atoms. The predicted octanol–water partition coefficient (Wildman–Crippen LogP) is 2.65. The first kappa shape index (κ1) is 16.1. The lowest BCUT2D eigenvalue weighted by molar-refractivity contribution is -0.144. The van der Waals surface area contributed by atoms with Crippen LogP contribution in [0.3, 0.4) is 0 Å². The lowest BCUT2D eigenvalue weighted by atomic mass is 9.56. The molecule has 0 unspecified atom stereocenters. The number of carbonyl (C=O) groups excluding carboxylic acids is 1. The fourth-order valence-electron chi connectivity index (χ4n) is 6.08. The lowest BCUT2D eigenvalue weighted by Gasteiger charge is -2.48. The molecule has 1 amide bonds. The van der Waals surface area contributed by atoms with Crippen molar-refractivity contribution >= 4 is 27.3 Å². The lowest BCUT2D eigenvalue weighted by Crippen LogP contribution is -2.55. The minimum atomic E-state index is -2.98. The highest BCUT2D eigenvalue weighted by molar-refractivity contribution is 7.91. The summed E-state index contributed by atoms with van der Waals surface area (Å²) >= 11 is 6.03. The number of fused-ring (bicyclic) bond motifs is 2. The molecular formula is C19H22ClNO3S. The molecule has 0 aromatic heterocycles. The van der Waals surface area contributed by atoms with Gasteiger partial charge in [-0.1, -0.05) is 23.7 Å². The van der Waals surface area contributed by atoms with Crippen LogP contribution in [0.15, 0.2) is 24.3 Å². The zero-order valence-electron chi connectivity index (χ0n) is 14.0. The summed E-state index contributed by atoms with van der Waals surface area (Å²) in [5, 5.41) is 0.718. The molecular weight excluding hydrogens is 358 g/mol. The summed E-state index contributed by atoms with van der Waals surface area (Å²) in [4.78, 5) is 15.3. The molecule has 3 saturated carbocycles. The average molecular weight is 380 g/mol. The Morgan fingerprint density at radius 3 is 2.60 bits per heavy atom. The van der Waals surface area contributed by atoms with Gasteiger partial charge < -0.3 is 4.90 Å². The van der Waals surface area contributed by atoms with Crippen molar-refractivity contribution in [3.05, 3.63) is 34.9 Å². The maximum Gasteiger partial charge on any atom is 0.227 e. The maximum atomic E-state index is 13.4. The van der Waals surface area contributed by atoms with E-state index < -0.39 is 9.84 Å². The second-order valence-electron chi connectivity index (χ2n) is 8.37. The second-order valence-corrected chi connectivity index (χ2v) is 11.0. The zero-order chi connectivity index (χ0) is 17.4. The van der Waals surface area contributed by atoms with Gasteiger partial charge in [0.05, 0.1) is 17.4 Å². The third kappa shape index (κ3) is 2.24. The minimum Gasteiger partial charge on any atom is -0.338 e. The Morgan fingerprint density at radius 1 is 1.12 bits per heavy atom. The van der Waals surface area contributed by atoms with E-state index in [4.69, 9.17) is 11.6 Å². The van der Waals surface area contributed by atoms with E-state index in [1.807, 2.05) is 17.0 Å². The van der Waals surface area contributed by atoms with E-state index in [1.165, 1.54) is 5.56 Å². The molecule has 2 aliphatic heterocycles. The molecule has 0 N–H and O–H groups in total. The van der Waals surface area contributed by atoms with Crippen LogP contribution in [0.2, 0.25) is 5.02 Å². The normalized spacial score (nSPS) is 40.8. The largest absolute Gasteiger partial charge is 0.338 e. The zero-order valence-corrected chi connectivity index (χ0v) is 15.6. The summed E-state index contributed by atoms with van der Waals surface area (Å²) in [6, 6.07) is 7.87. The number of carbonyl (C=O) groups is 1. The van der Waals surface area contributed by atoms with Gasteiger partial charge >= 0.3 is 0 Å². The van der Waals surface area contributed by atoms with Crippen LogP contribution in [0.5, 0.6) is 0 Å². The fraction of sp³-hybridized carbons (Fsp3) is 0.632. The number of nitrogens with zero attached hydrogens (tertiary/aromatic N) is 1. The van der Waals surface area contributed by atoms with Crippen LogP contribution in [0.25, 0.3) is 0 Å². The summed E-state index contributed by atoms with van der Waals surface area (Å²) in [6.45, 7) is 0.726. The van der Waals surface area contributed by atoms with Gasteiger partial charge in [-0.15, -0.1) is 0 Å². The third-order valence-electron chi connectivity index (χ3n) is 7.20. The Balaban J connectivity index is 1.43. The number of halogens is 1. The van der Waals surface area contributed by atoms with Crippen molar-refractivity contribution in [2.45, 2.75) is 37.1 Å². The van der Waals surface area contributed by atoms with Crippen molar-refractivity contribution in [2.24, 2.45) is 17.8 Å². The first-order chi connectivity index (χ1) is 11.9. The van der Waals surface area contributed by atoms with E-state index in [2.05, 4.69) is 12.1 Å². The number of amides is 1. The van der Waals surface area contributed by atoms with E-state index in [1.54, 1.807) is 0 Å². The van der Waals surface area contributed by atoms with Crippen molar-refractivity contribution in [2.75, 3.05) is 18.1 Å². The molecule has 4 nitrogen and oxygen atoms in total. The van der Waals surface area contributed by atoms with Crippen molar-refractivity contribution in [1.29, 1.82) is 0 Å². The first-order valence-corrected chi connectivity index (χ1v) is 11.4. The van der Waals surface area contributed by atoms with Gasteiger partial charge in [-0.25, -0.2) is 8.42 Å². The Hall–Kier alpha value is -1.07. The minimum absolute atomic E-state index is 0.0238. The fourth-order valence-corrected chi connectivity index (χ4v) is 8.35. The van der Waals surface area contributed by atoms with Crippen LogP contribution >= 0.6 is 11.6 Å². The molecule has 6 heteroatoms. The van der Waals surface area contributed by atoms with Gasteiger partial charge in [-0.3, -0.25) is 4.79 Å². The Bertz CT molecular complexity index is 833. The number of sulfone groups is 1. The SMILES string of the molecule is O=C([C@H]1[C@H]2CC[C@]1(c1ccc(Cl)cc1)C2)N1CC[C@@H]2CS(=O)(=O)C[C@@H]21. The molecule has 1 aromatic rings. The smallest absolute Gasteiger partial charge is 0.227 e. The van der Waals surface area contributed by atoms with Gasteiger partial charge in [-0.05, 0) is 55.2 Å². The average Bonchev–Trinajstić information content (AvgIpc) is 3.25. The molecule has 1 aromatic carbocycles. The number of likely N-dealkylation sites (tertiary alicyclic amines) is 1. The van der Waals surface area contributed by atoms with Crippen molar-refractivity contribution < 1.29 is 13.2 Å².